The fourth-order valence-corrected chi connectivity index (χ4v) is 2.67. The lowest BCUT2D eigenvalue weighted by atomic mass is 10.2. The first-order chi connectivity index (χ1) is 11.5. The molecule has 1 heterocycles. The number of rotatable bonds is 7. The first kappa shape index (κ1) is 17.9. The van der Waals surface area contributed by atoms with Crippen LogP contribution in [0.2, 0.25) is 0 Å². The lowest BCUT2D eigenvalue weighted by Crippen LogP contribution is -2.31. The Morgan fingerprint density at radius 2 is 1.88 bits per heavy atom. The molecule has 0 aliphatic heterocycles. The minimum Gasteiger partial charge on any atom is -0.395 e. The number of anilines is 1. The number of nitrogens with zero attached hydrogens (tertiary/aromatic N) is 2. The van der Waals surface area contributed by atoms with Crippen LogP contribution in [0, 0.1) is 0 Å². The van der Waals surface area contributed by atoms with Crippen LogP contribution in [0.15, 0.2) is 30.3 Å². The quantitative estimate of drug-likeness (QED) is 0.692. The van der Waals surface area contributed by atoms with Gasteiger partial charge in [-0.3, -0.25) is 9.59 Å². The smallest absolute Gasteiger partial charge is 0.273 e. The average molecular weight is 347 g/mol. The van der Waals surface area contributed by atoms with Gasteiger partial charge in [0, 0.05) is 19.6 Å². The molecule has 128 valence electrons. The van der Waals surface area contributed by atoms with Crippen molar-refractivity contribution in [3.05, 3.63) is 46.5 Å². The highest BCUT2D eigenvalue weighted by molar-refractivity contribution is 7.09. The Morgan fingerprint density at radius 3 is 2.54 bits per heavy atom. The van der Waals surface area contributed by atoms with Gasteiger partial charge in [0.1, 0.15) is 4.88 Å². The molecular formula is C16H21N5O2S. The molecule has 0 unspecified atom stereocenters. The standard InChI is InChI=1S/C16H21N5O2S/c1-21(2)9-8-18-16(23)14-12(17)13(20-24-14)15(22)19-10-11-6-4-3-5-7-11/h3-7H,8-10,17H2,1-2H3,(H,18,23)(H,19,22). The molecule has 0 fully saturated rings. The maximum absolute atomic E-state index is 12.2. The number of hydrogen-bond donors (Lipinski definition) is 3. The van der Waals surface area contributed by atoms with Crippen LogP contribution in [0.5, 0.6) is 0 Å². The van der Waals surface area contributed by atoms with E-state index in [1.165, 1.54) is 0 Å². The second kappa shape index (κ2) is 8.42. The van der Waals surface area contributed by atoms with E-state index in [-0.39, 0.29) is 28.1 Å². The van der Waals surface area contributed by atoms with Gasteiger partial charge >= 0.3 is 0 Å². The molecule has 0 atom stereocenters. The highest BCUT2D eigenvalue weighted by atomic mass is 32.1. The summed E-state index contributed by atoms with van der Waals surface area (Å²) in [7, 11) is 3.84. The molecule has 0 radical (unpaired) electrons. The molecule has 1 aromatic heterocycles. The second-order valence-corrected chi connectivity index (χ2v) is 6.27. The van der Waals surface area contributed by atoms with E-state index in [4.69, 9.17) is 5.73 Å². The van der Waals surface area contributed by atoms with Crippen molar-refractivity contribution >= 4 is 29.0 Å². The second-order valence-electron chi connectivity index (χ2n) is 5.50. The van der Waals surface area contributed by atoms with Crippen molar-refractivity contribution in [3.8, 4) is 0 Å². The van der Waals surface area contributed by atoms with E-state index >= 15 is 0 Å². The minimum absolute atomic E-state index is 0.0914. The molecule has 4 N–H and O–H groups in total. The van der Waals surface area contributed by atoms with Gasteiger partial charge in [-0.15, -0.1) is 0 Å². The Hall–Kier alpha value is -2.45. The molecule has 0 saturated heterocycles. The van der Waals surface area contributed by atoms with Gasteiger partial charge in [-0.2, -0.15) is 4.37 Å². The van der Waals surface area contributed by atoms with E-state index < -0.39 is 0 Å². The number of amides is 2. The third-order valence-corrected chi connectivity index (χ3v) is 4.15. The lowest BCUT2D eigenvalue weighted by Gasteiger charge is -2.09. The first-order valence-corrected chi connectivity index (χ1v) is 8.26. The summed E-state index contributed by atoms with van der Waals surface area (Å²) in [6, 6.07) is 9.53. The minimum atomic E-state index is -0.389. The van der Waals surface area contributed by atoms with E-state index in [0.29, 0.717) is 13.1 Å². The molecule has 0 aliphatic carbocycles. The molecule has 2 aromatic rings. The molecule has 2 amide bonds. The Bertz CT molecular complexity index is 700. The van der Waals surface area contributed by atoms with E-state index in [1.807, 2.05) is 49.3 Å². The highest BCUT2D eigenvalue weighted by Gasteiger charge is 2.21. The number of nitrogens with one attached hydrogen (secondary N) is 2. The van der Waals surface area contributed by atoms with Crippen LogP contribution >= 0.6 is 11.5 Å². The number of aromatic nitrogens is 1. The van der Waals surface area contributed by atoms with Crippen molar-refractivity contribution in [2.45, 2.75) is 6.54 Å². The van der Waals surface area contributed by atoms with Crippen LogP contribution in [0.25, 0.3) is 0 Å². The zero-order valence-electron chi connectivity index (χ0n) is 13.7. The molecular weight excluding hydrogens is 326 g/mol. The largest absolute Gasteiger partial charge is 0.395 e. The normalized spacial score (nSPS) is 10.6. The number of benzene rings is 1. The molecule has 0 spiro atoms. The van der Waals surface area contributed by atoms with Gasteiger partial charge in [0.15, 0.2) is 5.69 Å². The topological polar surface area (TPSA) is 100 Å². The van der Waals surface area contributed by atoms with Crippen molar-refractivity contribution < 1.29 is 9.59 Å². The van der Waals surface area contributed by atoms with E-state index in [1.54, 1.807) is 0 Å². The molecule has 8 heteroatoms. The van der Waals surface area contributed by atoms with Crippen LogP contribution in [-0.2, 0) is 6.54 Å². The van der Waals surface area contributed by atoms with Gasteiger partial charge in [0.05, 0.1) is 5.69 Å². The third-order valence-electron chi connectivity index (χ3n) is 3.29. The predicted octanol–water partition coefficient (Wildman–Crippen LogP) is 0.947. The number of likely N-dealkylation sites (N-methyl/N-ethyl adjacent to an activating group) is 1. The number of nitrogen functional groups attached to an aromatic ring is 1. The average Bonchev–Trinajstić information content (AvgIpc) is 2.95. The maximum Gasteiger partial charge on any atom is 0.273 e. The van der Waals surface area contributed by atoms with Crippen LogP contribution in [0.1, 0.15) is 25.7 Å². The van der Waals surface area contributed by atoms with Gasteiger partial charge < -0.3 is 21.3 Å². The number of hydrogen-bond acceptors (Lipinski definition) is 6. The SMILES string of the molecule is CN(C)CCNC(=O)c1snc(C(=O)NCc2ccccc2)c1N. The summed E-state index contributed by atoms with van der Waals surface area (Å²) in [4.78, 5) is 26.5. The van der Waals surface area contributed by atoms with Crippen LogP contribution in [0.3, 0.4) is 0 Å². The Labute approximate surface area is 145 Å². The van der Waals surface area contributed by atoms with Crippen molar-refractivity contribution in [2.24, 2.45) is 0 Å². The van der Waals surface area contributed by atoms with Gasteiger partial charge in [0.2, 0.25) is 0 Å². The number of carbonyl (C=O) groups is 2. The molecule has 0 saturated carbocycles. The first-order valence-electron chi connectivity index (χ1n) is 7.49. The van der Waals surface area contributed by atoms with E-state index in [0.717, 1.165) is 23.6 Å². The van der Waals surface area contributed by atoms with Crippen LogP contribution in [0.4, 0.5) is 5.69 Å². The predicted molar refractivity (Wildman–Crippen MR) is 95.0 cm³/mol. The molecule has 1 aromatic carbocycles. The van der Waals surface area contributed by atoms with E-state index in [2.05, 4.69) is 15.0 Å². The Morgan fingerprint density at radius 1 is 1.17 bits per heavy atom. The van der Waals surface area contributed by atoms with Crippen molar-refractivity contribution in [2.75, 3.05) is 32.9 Å². The molecule has 7 nitrogen and oxygen atoms in total. The maximum atomic E-state index is 12.2. The Balaban J connectivity index is 1.95. The molecule has 0 bridgehead atoms. The van der Waals surface area contributed by atoms with Crippen LogP contribution in [-0.4, -0.2) is 48.3 Å². The lowest BCUT2D eigenvalue weighted by molar-refractivity contribution is 0.0946. The fraction of sp³-hybridized carbons (Fsp3) is 0.312. The fourth-order valence-electron chi connectivity index (χ4n) is 1.96. The van der Waals surface area contributed by atoms with Crippen molar-refractivity contribution in [3.63, 3.8) is 0 Å². The molecule has 0 aliphatic rings. The zero-order chi connectivity index (χ0) is 17.5. The van der Waals surface area contributed by atoms with E-state index in [9.17, 15) is 9.59 Å². The van der Waals surface area contributed by atoms with Crippen molar-refractivity contribution in [1.29, 1.82) is 0 Å². The zero-order valence-corrected chi connectivity index (χ0v) is 14.5. The molecule has 2 rings (SSSR count). The van der Waals surface area contributed by atoms with Gasteiger partial charge in [-0.05, 0) is 31.2 Å². The van der Waals surface area contributed by atoms with Gasteiger partial charge in [-0.1, -0.05) is 30.3 Å². The summed E-state index contributed by atoms with van der Waals surface area (Å²) >= 11 is 0.932. The van der Waals surface area contributed by atoms with Gasteiger partial charge in [0.25, 0.3) is 11.8 Å². The summed E-state index contributed by atoms with van der Waals surface area (Å²) in [5.41, 5.74) is 7.10. The van der Waals surface area contributed by atoms with Crippen molar-refractivity contribution in [1.82, 2.24) is 19.9 Å². The number of nitrogens with two attached hydrogens (primary N) is 1. The van der Waals surface area contributed by atoms with Gasteiger partial charge in [-0.25, -0.2) is 0 Å². The highest BCUT2D eigenvalue weighted by Crippen LogP contribution is 2.21. The van der Waals surface area contributed by atoms with Crippen LogP contribution < -0.4 is 16.4 Å². The monoisotopic (exact) mass is 347 g/mol. The third kappa shape index (κ3) is 4.77. The summed E-state index contributed by atoms with van der Waals surface area (Å²) in [5.74, 6) is -0.700. The molecule has 24 heavy (non-hydrogen) atoms. The summed E-state index contributed by atoms with van der Waals surface area (Å²) in [6.45, 7) is 1.59. The number of carbonyl (C=O) groups excluding carboxylic acids is 2. The summed E-state index contributed by atoms with van der Waals surface area (Å²) < 4.78 is 4.03. The summed E-state index contributed by atoms with van der Waals surface area (Å²) in [6.07, 6.45) is 0. The Kier molecular flexibility index (Phi) is 6.28. The summed E-state index contributed by atoms with van der Waals surface area (Å²) in [5, 5.41) is 5.51.